The van der Waals surface area contributed by atoms with E-state index < -0.39 is 17.9 Å². The Balaban J connectivity index is 0.00000105. The zero-order valence-electron chi connectivity index (χ0n) is 31.1. The topological polar surface area (TPSA) is 112 Å². The summed E-state index contributed by atoms with van der Waals surface area (Å²) in [4.78, 5) is 30.6. The molecular weight excluding hydrogens is 552 g/mol. The minimum Gasteiger partial charge on any atom is -0.481 e. The Labute approximate surface area is 271 Å². The lowest BCUT2D eigenvalue weighted by Crippen LogP contribution is -2.65. The van der Waals surface area contributed by atoms with E-state index in [1.54, 1.807) is 0 Å². The van der Waals surface area contributed by atoms with E-state index in [0.29, 0.717) is 33.5 Å². The van der Waals surface area contributed by atoms with Crippen molar-refractivity contribution in [3.8, 4) is 0 Å². The van der Waals surface area contributed by atoms with Gasteiger partial charge in [-0.05, 0) is 110 Å². The van der Waals surface area contributed by atoms with Gasteiger partial charge in [-0.15, -0.1) is 0 Å². The van der Waals surface area contributed by atoms with Gasteiger partial charge in [0.05, 0.1) is 5.41 Å². The van der Waals surface area contributed by atoms with Gasteiger partial charge in [0.1, 0.15) is 0 Å². The van der Waals surface area contributed by atoms with Crippen LogP contribution < -0.4 is 0 Å². The second-order valence-corrected chi connectivity index (χ2v) is 14.8. The van der Waals surface area contributed by atoms with E-state index in [2.05, 4.69) is 48.5 Å². The summed E-state index contributed by atoms with van der Waals surface area (Å²) in [6.07, 6.45) is 16.2. The maximum atomic E-state index is 12.4. The van der Waals surface area contributed by atoms with E-state index in [0.717, 1.165) is 37.5 Å². The predicted octanol–water partition coefficient (Wildman–Crippen LogP) is 11.0. The molecule has 8 atom stereocenters. The zero-order chi connectivity index (χ0) is 34.7. The minimum absolute atomic E-state index is 0.333. The van der Waals surface area contributed by atoms with Crippen molar-refractivity contribution < 1.29 is 29.7 Å². The lowest BCUT2D eigenvalue weighted by molar-refractivity contribution is -0.235. The summed E-state index contributed by atoms with van der Waals surface area (Å²) in [6.45, 7) is 29.3. The van der Waals surface area contributed by atoms with Gasteiger partial charge in [-0.1, -0.05) is 109 Å². The first kappa shape index (κ1) is 42.4. The monoisotopic (exact) mass is 625 g/mol. The number of aliphatic carboxylic acids is 3. The van der Waals surface area contributed by atoms with Gasteiger partial charge in [0.25, 0.3) is 0 Å². The average molecular weight is 625 g/mol. The molecule has 0 aromatic carbocycles. The fourth-order valence-electron chi connectivity index (χ4n) is 11.0. The van der Waals surface area contributed by atoms with Crippen molar-refractivity contribution in [2.24, 2.45) is 50.7 Å². The van der Waals surface area contributed by atoms with Gasteiger partial charge in [0.2, 0.25) is 0 Å². The second kappa shape index (κ2) is 17.4. The molecule has 260 valence electrons. The highest BCUT2D eigenvalue weighted by Crippen LogP contribution is 2.76. The van der Waals surface area contributed by atoms with Crippen LogP contribution in [-0.4, -0.2) is 33.2 Å². The van der Waals surface area contributed by atoms with Gasteiger partial charge in [-0.3, -0.25) is 4.79 Å². The molecule has 44 heavy (non-hydrogen) atoms. The van der Waals surface area contributed by atoms with E-state index in [1.807, 2.05) is 41.5 Å². The van der Waals surface area contributed by atoms with Crippen LogP contribution in [0.15, 0.2) is 0 Å². The van der Waals surface area contributed by atoms with Crippen molar-refractivity contribution >= 4 is 17.9 Å². The van der Waals surface area contributed by atoms with Crippen LogP contribution in [0.2, 0.25) is 0 Å². The van der Waals surface area contributed by atoms with Crippen molar-refractivity contribution in [3.05, 3.63) is 0 Å². The normalized spacial score (nSPS) is 38.7. The number of carbonyl (C=O) groups is 3. The highest BCUT2D eigenvalue weighted by molar-refractivity contribution is 6.27. The van der Waals surface area contributed by atoms with Crippen molar-refractivity contribution in [3.63, 3.8) is 0 Å². The Morgan fingerprint density at radius 2 is 1.09 bits per heavy atom. The first-order valence-electron chi connectivity index (χ1n) is 18.3. The van der Waals surface area contributed by atoms with Gasteiger partial charge < -0.3 is 15.3 Å². The number of carboxylic acids is 3. The Morgan fingerprint density at radius 1 is 0.568 bits per heavy atom. The molecule has 5 rings (SSSR count). The van der Waals surface area contributed by atoms with Gasteiger partial charge in [0.15, 0.2) is 0 Å². The molecule has 5 saturated carbocycles. The number of hydrogen-bond acceptors (Lipinski definition) is 3. The second-order valence-electron chi connectivity index (χ2n) is 14.8. The fourth-order valence-corrected chi connectivity index (χ4v) is 11.0. The third-order valence-electron chi connectivity index (χ3n) is 12.7. The Kier molecular flexibility index (Phi) is 16.7. The van der Waals surface area contributed by atoms with Crippen LogP contribution in [0.3, 0.4) is 0 Å². The fraction of sp³-hybridized carbons (Fsp3) is 0.921. The summed E-state index contributed by atoms with van der Waals surface area (Å²) in [5.74, 6) is -1.36. The van der Waals surface area contributed by atoms with Crippen LogP contribution in [0.4, 0.5) is 0 Å². The first-order valence-corrected chi connectivity index (χ1v) is 18.3. The molecule has 3 N–H and O–H groups in total. The molecule has 0 amide bonds. The molecule has 0 radical (unpaired) electrons. The Hall–Kier alpha value is -1.59. The summed E-state index contributed by atoms with van der Waals surface area (Å²) in [7, 11) is 0. The molecule has 0 bridgehead atoms. The van der Waals surface area contributed by atoms with Crippen molar-refractivity contribution in [1.29, 1.82) is 0 Å². The van der Waals surface area contributed by atoms with Gasteiger partial charge in [-0.2, -0.15) is 0 Å². The quantitative estimate of drug-likeness (QED) is 0.250. The predicted molar refractivity (Wildman–Crippen MR) is 183 cm³/mol. The highest BCUT2D eigenvalue weighted by Gasteiger charge is 2.70. The molecule has 0 aromatic heterocycles. The van der Waals surface area contributed by atoms with Crippen molar-refractivity contribution in [2.75, 3.05) is 0 Å². The van der Waals surface area contributed by atoms with Crippen LogP contribution in [0.25, 0.3) is 0 Å². The molecule has 6 heteroatoms. The lowest BCUT2D eigenvalue weighted by Gasteiger charge is -2.72. The average Bonchev–Trinajstić information content (AvgIpc) is 3.43. The van der Waals surface area contributed by atoms with Gasteiger partial charge in [0, 0.05) is 0 Å². The van der Waals surface area contributed by atoms with Gasteiger partial charge >= 0.3 is 17.9 Å². The van der Waals surface area contributed by atoms with Crippen molar-refractivity contribution in [2.45, 2.75) is 173 Å². The molecule has 7 unspecified atom stereocenters. The first-order chi connectivity index (χ1) is 20.6. The maximum absolute atomic E-state index is 12.4. The van der Waals surface area contributed by atoms with Crippen LogP contribution in [0.1, 0.15) is 173 Å². The molecule has 0 spiro atoms. The maximum Gasteiger partial charge on any atom is 0.414 e. The smallest absolute Gasteiger partial charge is 0.414 e. The zero-order valence-corrected chi connectivity index (χ0v) is 31.1. The summed E-state index contributed by atoms with van der Waals surface area (Å²) >= 11 is 0. The molecule has 5 fully saturated rings. The number of carboxylic acid groups (broad SMARTS) is 3. The van der Waals surface area contributed by atoms with E-state index in [4.69, 9.17) is 19.8 Å². The minimum atomic E-state index is -1.82. The molecule has 0 aromatic rings. The number of hydrogen-bond donors (Lipinski definition) is 3. The molecule has 6 nitrogen and oxygen atoms in total. The van der Waals surface area contributed by atoms with E-state index in [9.17, 15) is 9.90 Å². The van der Waals surface area contributed by atoms with E-state index in [-0.39, 0.29) is 5.41 Å². The summed E-state index contributed by atoms with van der Waals surface area (Å²) in [5, 5.41) is 25.0. The standard InChI is InChI=1S/C27H44O2.C3H8.C2H2O4.3C2H6/c1-23(2)12-7-13-24(3)20(23)11-15-26(5)21(24)10-9-18-19-8-6-14-27(19,22(28)29)17-16-25(18,26)4;1-3-2;3-1(4)2(5)6;3*1-2/h18-21H,6-17H2,1-5H3,(H,28,29);3H2,1-2H3;(H,3,4)(H,5,6);3*1-2H3/t18?,19?,20?,21?,24?,25-,26?,27?;;;;;/m1...../s1. The Bertz CT molecular complexity index is 901. The third-order valence-corrected chi connectivity index (χ3v) is 12.7. The largest absolute Gasteiger partial charge is 0.481 e. The molecule has 0 saturated heterocycles. The SMILES string of the molecule is CC.CC.CC.CC1(C)CCCC2(C)C1CCC1(C)C2CCC2C3CCCC3(C(=O)O)CC[C@]21C.CCC.O=C(O)C(=O)O. The van der Waals surface area contributed by atoms with Gasteiger partial charge in [-0.25, -0.2) is 9.59 Å². The summed E-state index contributed by atoms with van der Waals surface area (Å²) < 4.78 is 0. The van der Waals surface area contributed by atoms with Crippen molar-refractivity contribution in [1.82, 2.24) is 0 Å². The summed E-state index contributed by atoms with van der Waals surface area (Å²) in [6, 6.07) is 0. The Morgan fingerprint density at radius 3 is 1.57 bits per heavy atom. The lowest BCUT2D eigenvalue weighted by atomic mass is 9.32. The molecule has 5 aliphatic rings. The number of fused-ring (bicyclic) bond motifs is 7. The molecule has 0 aliphatic heterocycles. The molecular formula is C38H72O6. The molecule has 0 heterocycles. The van der Waals surface area contributed by atoms with Crippen LogP contribution in [0.5, 0.6) is 0 Å². The van der Waals surface area contributed by atoms with Crippen LogP contribution >= 0.6 is 0 Å². The number of rotatable bonds is 1. The van der Waals surface area contributed by atoms with Crippen LogP contribution in [-0.2, 0) is 14.4 Å². The van der Waals surface area contributed by atoms with E-state index in [1.165, 1.54) is 57.8 Å². The molecule has 5 aliphatic carbocycles. The van der Waals surface area contributed by atoms with Crippen LogP contribution in [0, 0.1) is 50.7 Å². The summed E-state index contributed by atoms with van der Waals surface area (Å²) in [5.41, 5.74) is 1.31. The highest BCUT2D eigenvalue weighted by atomic mass is 16.4. The van der Waals surface area contributed by atoms with E-state index >= 15 is 0 Å². The third kappa shape index (κ3) is 7.68.